The van der Waals surface area contributed by atoms with Gasteiger partial charge >= 0.3 is 0 Å². The molecule has 6 nitrogen and oxygen atoms in total. The van der Waals surface area contributed by atoms with E-state index < -0.39 is 0 Å². The zero-order valence-electron chi connectivity index (χ0n) is 26.8. The highest BCUT2D eigenvalue weighted by Crippen LogP contribution is 2.30. The molecule has 1 atom stereocenters. The number of anilines is 1. The van der Waals surface area contributed by atoms with E-state index in [2.05, 4.69) is 71.2 Å². The largest absolute Gasteiger partial charge is 0.457 e. The number of benzene rings is 4. The topological polar surface area (TPSA) is 51.5 Å². The van der Waals surface area contributed by atoms with E-state index >= 15 is 0 Å². The Hall–Kier alpha value is -4.26. The first kappa shape index (κ1) is 31.7. The van der Waals surface area contributed by atoms with Gasteiger partial charge < -0.3 is 19.4 Å². The zero-order chi connectivity index (χ0) is 31.7. The lowest BCUT2D eigenvalue weighted by Gasteiger charge is -2.35. The number of nitrogens with zero attached hydrogens (tertiary/aromatic N) is 3. The fourth-order valence-electron chi connectivity index (χ4n) is 5.93. The zero-order valence-corrected chi connectivity index (χ0v) is 27.5. The Morgan fingerprint density at radius 2 is 1.30 bits per heavy atom. The summed E-state index contributed by atoms with van der Waals surface area (Å²) < 4.78 is 14.4. The van der Waals surface area contributed by atoms with Crippen LogP contribution in [0.25, 0.3) is 16.9 Å². The Balaban J connectivity index is 1.12. The summed E-state index contributed by atoms with van der Waals surface area (Å²) in [6.07, 6.45) is 10.6. The Morgan fingerprint density at radius 3 is 1.89 bits per heavy atom. The van der Waals surface area contributed by atoms with E-state index in [1.54, 1.807) is 0 Å². The number of aromatic nitrogens is 2. The van der Waals surface area contributed by atoms with Gasteiger partial charge in [-0.15, -0.1) is 0 Å². The molecule has 6 rings (SSSR count). The van der Waals surface area contributed by atoms with Gasteiger partial charge in [0.1, 0.15) is 28.8 Å². The summed E-state index contributed by atoms with van der Waals surface area (Å²) in [7, 11) is 0. The number of unbranched alkanes of at least 4 members (excludes halogenated alkanes) is 1. The lowest BCUT2D eigenvalue weighted by Crippen LogP contribution is -2.43. The number of ether oxygens (including phenoxy) is 2. The molecular formula is C39H43ClN4O2. The van der Waals surface area contributed by atoms with Crippen LogP contribution >= 0.6 is 11.6 Å². The maximum Gasteiger partial charge on any atom is 0.127 e. The number of aryl methyl sites for hydroxylation is 1. The number of hydrogen-bond acceptors (Lipinski definition) is 5. The number of rotatable bonds is 13. The van der Waals surface area contributed by atoms with Crippen LogP contribution in [-0.4, -0.2) is 33.7 Å². The molecule has 4 aromatic carbocycles. The Morgan fingerprint density at radius 1 is 0.739 bits per heavy atom. The number of halogens is 1. The van der Waals surface area contributed by atoms with Gasteiger partial charge in [-0.1, -0.05) is 38.3 Å². The lowest BCUT2D eigenvalue weighted by atomic mass is 10.1. The Labute approximate surface area is 278 Å². The Kier molecular flexibility index (Phi) is 10.6. The predicted molar refractivity (Wildman–Crippen MR) is 189 cm³/mol. The van der Waals surface area contributed by atoms with Gasteiger partial charge in [0.05, 0.1) is 11.9 Å². The number of nitrogens with one attached hydrogen (secondary N) is 1. The number of hydrogen-bond donors (Lipinski definition) is 1. The molecule has 7 heteroatoms. The van der Waals surface area contributed by atoms with Crippen molar-refractivity contribution in [1.29, 1.82) is 0 Å². The van der Waals surface area contributed by atoms with Crippen LogP contribution in [0.1, 0.15) is 58.2 Å². The molecule has 1 aliphatic rings. The third kappa shape index (κ3) is 8.11. The molecule has 1 unspecified atom stereocenters. The first-order valence-corrected chi connectivity index (χ1v) is 17.0. The van der Waals surface area contributed by atoms with Crippen molar-refractivity contribution in [3.8, 4) is 39.9 Å². The van der Waals surface area contributed by atoms with E-state index in [0.29, 0.717) is 11.2 Å². The second-order valence-corrected chi connectivity index (χ2v) is 12.3. The van der Waals surface area contributed by atoms with Crippen molar-refractivity contribution in [3.05, 3.63) is 114 Å². The molecule has 46 heavy (non-hydrogen) atoms. The van der Waals surface area contributed by atoms with Gasteiger partial charge in [-0.25, -0.2) is 4.98 Å². The maximum absolute atomic E-state index is 6.20. The molecule has 1 fully saturated rings. The monoisotopic (exact) mass is 634 g/mol. The smallest absolute Gasteiger partial charge is 0.127 e. The van der Waals surface area contributed by atoms with Crippen molar-refractivity contribution >= 4 is 17.3 Å². The van der Waals surface area contributed by atoms with Crippen molar-refractivity contribution in [2.24, 2.45) is 0 Å². The van der Waals surface area contributed by atoms with Gasteiger partial charge in [-0.05, 0) is 123 Å². The number of likely N-dealkylation sites (tertiary alicyclic amines) is 1. The molecule has 1 aliphatic heterocycles. The first-order chi connectivity index (χ1) is 22.6. The van der Waals surface area contributed by atoms with Crippen LogP contribution in [0.5, 0.6) is 23.0 Å². The van der Waals surface area contributed by atoms with Crippen LogP contribution in [0, 0.1) is 0 Å². The highest BCUT2D eigenvalue weighted by Gasteiger charge is 2.19. The van der Waals surface area contributed by atoms with Crippen LogP contribution in [0.2, 0.25) is 5.02 Å². The molecule has 0 spiro atoms. The molecule has 0 saturated carbocycles. The molecule has 1 N–H and O–H groups in total. The van der Waals surface area contributed by atoms with Crippen LogP contribution in [0.15, 0.2) is 103 Å². The Bertz CT molecular complexity index is 1660. The van der Waals surface area contributed by atoms with Crippen LogP contribution < -0.4 is 14.8 Å². The minimum Gasteiger partial charge on any atom is -0.457 e. The van der Waals surface area contributed by atoms with Gasteiger partial charge in [0, 0.05) is 47.7 Å². The van der Waals surface area contributed by atoms with Crippen molar-refractivity contribution < 1.29 is 9.47 Å². The highest BCUT2D eigenvalue weighted by molar-refractivity contribution is 6.30. The number of imidazole rings is 1. The summed E-state index contributed by atoms with van der Waals surface area (Å²) in [5.74, 6) is 4.18. The second-order valence-electron chi connectivity index (χ2n) is 11.9. The lowest BCUT2D eigenvalue weighted by molar-refractivity contribution is 0.175. The van der Waals surface area contributed by atoms with Crippen LogP contribution in [0.3, 0.4) is 0 Å². The average Bonchev–Trinajstić information content (AvgIpc) is 3.53. The fraction of sp³-hybridized carbons (Fsp3) is 0.308. The summed E-state index contributed by atoms with van der Waals surface area (Å²) in [5.41, 5.74) is 4.16. The third-order valence-corrected chi connectivity index (χ3v) is 8.74. The molecule has 2 heterocycles. The van der Waals surface area contributed by atoms with Gasteiger partial charge in [-0.2, -0.15) is 0 Å². The molecule has 0 aliphatic carbocycles. The van der Waals surface area contributed by atoms with Gasteiger partial charge in [-0.3, -0.25) is 4.90 Å². The van der Waals surface area contributed by atoms with Gasteiger partial charge in [0.15, 0.2) is 0 Å². The molecule has 0 amide bonds. The minimum atomic E-state index is 0.374. The summed E-state index contributed by atoms with van der Waals surface area (Å²) >= 11 is 6.01. The fourth-order valence-corrected chi connectivity index (χ4v) is 6.05. The highest BCUT2D eigenvalue weighted by atomic mass is 35.5. The maximum atomic E-state index is 6.20. The average molecular weight is 635 g/mol. The van der Waals surface area contributed by atoms with Crippen molar-refractivity contribution in [3.63, 3.8) is 0 Å². The molecule has 0 bridgehead atoms. The molecule has 1 saturated heterocycles. The normalized spacial score (nSPS) is 14.2. The van der Waals surface area contributed by atoms with E-state index in [-0.39, 0.29) is 0 Å². The van der Waals surface area contributed by atoms with Crippen LogP contribution in [-0.2, 0) is 6.42 Å². The third-order valence-electron chi connectivity index (χ3n) is 8.49. The molecule has 238 valence electrons. The summed E-state index contributed by atoms with van der Waals surface area (Å²) in [4.78, 5) is 7.62. The van der Waals surface area contributed by atoms with Crippen LogP contribution in [0.4, 0.5) is 5.69 Å². The molecule has 5 aromatic rings. The second kappa shape index (κ2) is 15.4. The predicted octanol–water partition coefficient (Wildman–Crippen LogP) is 10.8. The molecular weight excluding hydrogens is 592 g/mol. The van der Waals surface area contributed by atoms with E-state index in [1.165, 1.54) is 32.4 Å². The van der Waals surface area contributed by atoms with Crippen molar-refractivity contribution in [2.75, 3.05) is 18.4 Å². The van der Waals surface area contributed by atoms with E-state index in [1.807, 2.05) is 60.7 Å². The van der Waals surface area contributed by atoms with Gasteiger partial charge in [0.2, 0.25) is 0 Å². The minimum absolute atomic E-state index is 0.374. The van der Waals surface area contributed by atoms with E-state index in [4.69, 9.17) is 26.1 Å². The van der Waals surface area contributed by atoms with E-state index in [9.17, 15) is 0 Å². The van der Waals surface area contributed by atoms with Crippen molar-refractivity contribution in [2.45, 2.75) is 65.0 Å². The molecule has 0 radical (unpaired) electrons. The van der Waals surface area contributed by atoms with E-state index in [0.717, 1.165) is 77.1 Å². The number of piperidine rings is 1. The summed E-state index contributed by atoms with van der Waals surface area (Å²) in [6.45, 7) is 6.81. The summed E-state index contributed by atoms with van der Waals surface area (Å²) in [5, 5.41) is 4.40. The van der Waals surface area contributed by atoms with Crippen molar-refractivity contribution in [1.82, 2.24) is 14.5 Å². The summed E-state index contributed by atoms with van der Waals surface area (Å²) in [6, 6.07) is 32.0. The first-order valence-electron chi connectivity index (χ1n) is 16.6. The SMILES string of the molecule is CCCCc1nc(-c2ccc(Oc3ccc(NC(CC)N4CCCCC4)cc3)cc2)cn1-c1ccc(Oc2ccc(Cl)cc2)cc1. The standard InChI is InChI=1S/C39H43ClN4O2/c1-3-5-9-39-42-37(28-44(39)32-16-24-36(25-17-32)46-34-20-12-30(40)13-21-34)29-10-18-33(19-11-29)45-35-22-14-31(15-23-35)41-38(4-2)43-26-7-6-8-27-43/h10-25,28,38,41H,3-9,26-27H2,1-2H3. The van der Waals surface area contributed by atoms with Gasteiger partial charge in [0.25, 0.3) is 0 Å². The molecule has 1 aromatic heterocycles. The quantitative estimate of drug-likeness (QED) is 0.140.